The van der Waals surface area contributed by atoms with Crippen LogP contribution in [-0.4, -0.2) is 0 Å². The Hall–Kier alpha value is -1.58. The fourth-order valence-corrected chi connectivity index (χ4v) is 1.96. The van der Waals surface area contributed by atoms with Crippen LogP contribution in [0.25, 0.3) is 0 Å². The minimum absolute atomic E-state index is 0.176. The summed E-state index contributed by atoms with van der Waals surface area (Å²) in [7, 11) is 0. The highest BCUT2D eigenvalue weighted by Gasteiger charge is 2.09. The molecule has 0 spiro atoms. The fraction of sp³-hybridized carbons (Fsp3) is 0.200. The monoisotopic (exact) mass is 279 g/mol. The van der Waals surface area contributed by atoms with Crippen molar-refractivity contribution in [2.45, 2.75) is 19.9 Å². The molecule has 0 unspecified atom stereocenters. The second kappa shape index (κ2) is 5.59. The number of nitrogens with two attached hydrogens (primary N) is 1. The third-order valence-electron chi connectivity index (χ3n) is 2.84. The lowest BCUT2D eigenvalue weighted by molar-refractivity contribution is 0.438. The van der Waals surface area contributed by atoms with E-state index in [-0.39, 0.29) is 11.8 Å². The van der Waals surface area contributed by atoms with Gasteiger partial charge in [-0.1, -0.05) is 17.7 Å². The number of aryl methyl sites for hydroxylation is 1. The Bertz CT molecular complexity index is 599. The van der Waals surface area contributed by atoms with E-state index in [0.29, 0.717) is 10.8 Å². The molecular formula is C15H15ClFNO. The van der Waals surface area contributed by atoms with Crippen molar-refractivity contribution < 1.29 is 9.13 Å². The maximum absolute atomic E-state index is 13.9. The standard InChI is InChI=1S/C15H15ClFNO/c1-9-7-12(16)4-6-14(9)19-15-5-3-11(10(2)18)8-13(15)17/h3-8,10H,18H2,1-2H3/t10-/m1/s1. The Kier molecular flexibility index (Phi) is 4.08. The van der Waals surface area contributed by atoms with Gasteiger partial charge in [-0.25, -0.2) is 4.39 Å². The van der Waals surface area contributed by atoms with E-state index in [1.807, 2.05) is 6.92 Å². The molecule has 0 aliphatic carbocycles. The first-order valence-corrected chi connectivity index (χ1v) is 6.34. The van der Waals surface area contributed by atoms with Crippen LogP contribution in [0.5, 0.6) is 11.5 Å². The van der Waals surface area contributed by atoms with E-state index in [2.05, 4.69) is 0 Å². The van der Waals surface area contributed by atoms with Gasteiger partial charge in [0.15, 0.2) is 11.6 Å². The molecule has 19 heavy (non-hydrogen) atoms. The molecule has 2 aromatic rings. The second-order valence-corrected chi connectivity index (χ2v) is 4.93. The Labute approximate surface area is 117 Å². The maximum Gasteiger partial charge on any atom is 0.166 e. The molecule has 0 radical (unpaired) electrons. The van der Waals surface area contributed by atoms with E-state index < -0.39 is 5.82 Å². The van der Waals surface area contributed by atoms with Crippen molar-refractivity contribution in [2.24, 2.45) is 5.73 Å². The SMILES string of the molecule is Cc1cc(Cl)ccc1Oc1ccc([C@@H](C)N)cc1F. The highest BCUT2D eigenvalue weighted by Crippen LogP contribution is 2.30. The van der Waals surface area contributed by atoms with Gasteiger partial charge in [-0.05, 0) is 55.3 Å². The molecule has 0 saturated heterocycles. The molecule has 1 atom stereocenters. The maximum atomic E-state index is 13.9. The predicted octanol–water partition coefficient (Wildman–Crippen LogP) is 4.60. The van der Waals surface area contributed by atoms with Gasteiger partial charge in [0.25, 0.3) is 0 Å². The fourth-order valence-electron chi connectivity index (χ4n) is 1.73. The van der Waals surface area contributed by atoms with Crippen LogP contribution < -0.4 is 10.5 Å². The van der Waals surface area contributed by atoms with Crippen molar-refractivity contribution in [3.05, 3.63) is 58.4 Å². The van der Waals surface area contributed by atoms with Gasteiger partial charge in [0.05, 0.1) is 0 Å². The van der Waals surface area contributed by atoms with Gasteiger partial charge in [0, 0.05) is 11.1 Å². The summed E-state index contributed by atoms with van der Waals surface area (Å²) < 4.78 is 19.5. The van der Waals surface area contributed by atoms with Gasteiger partial charge in [-0.15, -0.1) is 0 Å². The first kappa shape index (κ1) is 13.8. The van der Waals surface area contributed by atoms with Gasteiger partial charge in [0.2, 0.25) is 0 Å². The van der Waals surface area contributed by atoms with Gasteiger partial charge in [-0.3, -0.25) is 0 Å². The largest absolute Gasteiger partial charge is 0.454 e. The molecule has 2 rings (SSSR count). The zero-order valence-corrected chi connectivity index (χ0v) is 11.5. The number of rotatable bonds is 3. The molecule has 4 heteroatoms. The highest BCUT2D eigenvalue weighted by molar-refractivity contribution is 6.30. The quantitative estimate of drug-likeness (QED) is 0.891. The molecule has 2 aromatic carbocycles. The van der Waals surface area contributed by atoms with Crippen molar-refractivity contribution in [2.75, 3.05) is 0 Å². The summed E-state index contributed by atoms with van der Waals surface area (Å²) in [5, 5.41) is 0.623. The van der Waals surface area contributed by atoms with Gasteiger partial charge >= 0.3 is 0 Å². The Morgan fingerprint density at radius 2 is 1.84 bits per heavy atom. The van der Waals surface area contributed by atoms with Crippen molar-refractivity contribution in [3.8, 4) is 11.5 Å². The van der Waals surface area contributed by atoms with Gasteiger partial charge in [0.1, 0.15) is 5.75 Å². The number of halogens is 2. The second-order valence-electron chi connectivity index (χ2n) is 4.49. The summed E-state index contributed by atoms with van der Waals surface area (Å²) >= 11 is 5.86. The average molecular weight is 280 g/mol. The first-order chi connectivity index (χ1) is 8.97. The summed E-state index contributed by atoms with van der Waals surface area (Å²) in [6.45, 7) is 3.66. The summed E-state index contributed by atoms with van der Waals surface area (Å²) in [4.78, 5) is 0. The molecule has 0 saturated carbocycles. The number of hydrogen-bond acceptors (Lipinski definition) is 2. The van der Waals surface area contributed by atoms with Crippen LogP contribution in [0.15, 0.2) is 36.4 Å². The molecule has 0 fully saturated rings. The normalized spacial score (nSPS) is 12.3. The van der Waals surface area contributed by atoms with Crippen molar-refractivity contribution in [3.63, 3.8) is 0 Å². The van der Waals surface area contributed by atoms with Crippen molar-refractivity contribution in [1.29, 1.82) is 0 Å². The molecule has 0 amide bonds. The Morgan fingerprint density at radius 1 is 1.16 bits per heavy atom. The Balaban J connectivity index is 2.28. The zero-order chi connectivity index (χ0) is 14.0. The van der Waals surface area contributed by atoms with Crippen molar-refractivity contribution >= 4 is 11.6 Å². The lowest BCUT2D eigenvalue weighted by atomic mass is 10.1. The van der Waals surface area contributed by atoms with Crippen LogP contribution in [0.1, 0.15) is 24.1 Å². The average Bonchev–Trinajstić information content (AvgIpc) is 2.34. The minimum atomic E-state index is -0.427. The van der Waals surface area contributed by atoms with Crippen LogP contribution in [0, 0.1) is 12.7 Å². The van der Waals surface area contributed by atoms with E-state index in [1.165, 1.54) is 6.07 Å². The summed E-state index contributed by atoms with van der Waals surface area (Å²) in [6, 6.07) is 9.72. The molecule has 2 nitrogen and oxygen atoms in total. The van der Waals surface area contributed by atoms with Crippen LogP contribution in [0.2, 0.25) is 5.02 Å². The van der Waals surface area contributed by atoms with Crippen LogP contribution >= 0.6 is 11.6 Å². The van der Waals surface area contributed by atoms with E-state index in [4.69, 9.17) is 22.1 Å². The molecule has 0 aliphatic heterocycles. The van der Waals surface area contributed by atoms with Crippen LogP contribution in [0.3, 0.4) is 0 Å². The summed E-state index contributed by atoms with van der Waals surface area (Å²) in [5.41, 5.74) is 7.29. The topological polar surface area (TPSA) is 35.2 Å². The zero-order valence-electron chi connectivity index (χ0n) is 10.8. The molecule has 2 N–H and O–H groups in total. The smallest absolute Gasteiger partial charge is 0.166 e. The van der Waals surface area contributed by atoms with E-state index in [1.54, 1.807) is 37.3 Å². The van der Waals surface area contributed by atoms with E-state index >= 15 is 0 Å². The lowest BCUT2D eigenvalue weighted by Crippen LogP contribution is -2.05. The summed E-state index contributed by atoms with van der Waals surface area (Å²) in [5.74, 6) is 0.329. The van der Waals surface area contributed by atoms with Gasteiger partial charge in [-0.2, -0.15) is 0 Å². The molecule has 100 valence electrons. The van der Waals surface area contributed by atoms with E-state index in [9.17, 15) is 4.39 Å². The number of ether oxygens (including phenoxy) is 1. The third-order valence-corrected chi connectivity index (χ3v) is 3.07. The van der Waals surface area contributed by atoms with Crippen LogP contribution in [0.4, 0.5) is 4.39 Å². The predicted molar refractivity (Wildman–Crippen MR) is 75.3 cm³/mol. The number of benzene rings is 2. The molecular weight excluding hydrogens is 265 g/mol. The lowest BCUT2D eigenvalue weighted by Gasteiger charge is -2.12. The molecule has 0 heterocycles. The third kappa shape index (κ3) is 3.25. The Morgan fingerprint density at radius 3 is 2.42 bits per heavy atom. The molecule has 0 bridgehead atoms. The molecule has 0 aliphatic rings. The van der Waals surface area contributed by atoms with Crippen LogP contribution in [-0.2, 0) is 0 Å². The van der Waals surface area contributed by atoms with E-state index in [0.717, 1.165) is 11.1 Å². The van der Waals surface area contributed by atoms with Crippen molar-refractivity contribution in [1.82, 2.24) is 0 Å². The first-order valence-electron chi connectivity index (χ1n) is 5.96. The minimum Gasteiger partial charge on any atom is -0.454 e. The highest BCUT2D eigenvalue weighted by atomic mass is 35.5. The number of hydrogen-bond donors (Lipinski definition) is 1. The summed E-state index contributed by atoms with van der Waals surface area (Å²) in [6.07, 6.45) is 0. The molecule has 0 aromatic heterocycles. The van der Waals surface area contributed by atoms with Gasteiger partial charge < -0.3 is 10.5 Å².